The summed E-state index contributed by atoms with van der Waals surface area (Å²) >= 11 is 1.08. The molecule has 3 aromatic rings. The molecule has 24 heavy (non-hydrogen) atoms. The minimum atomic E-state index is -0.536. The van der Waals surface area contributed by atoms with Gasteiger partial charge in [0.1, 0.15) is 6.54 Å². The summed E-state index contributed by atoms with van der Waals surface area (Å²) in [7, 11) is 1.38. The van der Waals surface area contributed by atoms with E-state index < -0.39 is 11.2 Å². The van der Waals surface area contributed by atoms with Crippen LogP contribution < -0.4 is 16.6 Å². The van der Waals surface area contributed by atoms with E-state index in [0.29, 0.717) is 5.52 Å². The third-order valence-electron chi connectivity index (χ3n) is 3.84. The molecule has 1 aromatic carbocycles. The first-order valence-electron chi connectivity index (χ1n) is 7.44. The molecular weight excluding hydrogens is 328 g/mol. The van der Waals surface area contributed by atoms with E-state index in [1.54, 1.807) is 5.38 Å². The molecule has 2 heterocycles. The van der Waals surface area contributed by atoms with Crippen LogP contribution >= 0.6 is 11.5 Å². The number of aromatic nitrogens is 3. The molecule has 124 valence electrons. The second kappa shape index (κ2) is 6.40. The molecule has 1 N–H and O–H groups in total. The van der Waals surface area contributed by atoms with Crippen LogP contribution in [0.25, 0.3) is 11.0 Å². The maximum absolute atomic E-state index is 12.4. The zero-order valence-corrected chi connectivity index (χ0v) is 14.1. The number of hydrogen-bond donors (Lipinski definition) is 1. The fourth-order valence-corrected chi connectivity index (χ4v) is 3.21. The standard InChI is InChI=1S/C16H16N4O3S/c1-3-10-6-4-5-7-11(10)17-13(21)8-20-12-9-24-18-14(12)15(22)19(2)16(20)23/h4-7,9H,3,8H2,1-2H3,(H,17,21). The minimum absolute atomic E-state index is 0.181. The second-order valence-corrected chi connectivity index (χ2v) is 5.97. The van der Waals surface area contributed by atoms with Crippen LogP contribution in [-0.2, 0) is 24.8 Å². The molecule has 0 aliphatic heterocycles. The number of nitrogens with one attached hydrogen (secondary N) is 1. The van der Waals surface area contributed by atoms with Crippen molar-refractivity contribution in [1.29, 1.82) is 0 Å². The first-order valence-corrected chi connectivity index (χ1v) is 8.28. The second-order valence-electron chi connectivity index (χ2n) is 5.34. The predicted molar refractivity (Wildman–Crippen MR) is 93.6 cm³/mol. The monoisotopic (exact) mass is 344 g/mol. The number of aryl methyl sites for hydroxylation is 1. The van der Waals surface area contributed by atoms with Crippen molar-refractivity contribution < 1.29 is 4.79 Å². The molecule has 3 rings (SSSR count). The Morgan fingerprint density at radius 3 is 2.79 bits per heavy atom. The zero-order valence-electron chi connectivity index (χ0n) is 13.3. The third-order valence-corrected chi connectivity index (χ3v) is 4.46. The van der Waals surface area contributed by atoms with Gasteiger partial charge in [0.05, 0.1) is 5.52 Å². The van der Waals surface area contributed by atoms with Crippen molar-refractivity contribution in [3.8, 4) is 0 Å². The summed E-state index contributed by atoms with van der Waals surface area (Å²) in [5.41, 5.74) is 1.33. The molecular formula is C16H16N4O3S. The van der Waals surface area contributed by atoms with Crippen molar-refractivity contribution in [2.24, 2.45) is 7.05 Å². The lowest BCUT2D eigenvalue weighted by Gasteiger charge is -2.12. The van der Waals surface area contributed by atoms with Crippen LogP contribution in [0.15, 0.2) is 39.2 Å². The lowest BCUT2D eigenvalue weighted by Crippen LogP contribution is -2.40. The number of carbonyl (C=O) groups is 1. The average Bonchev–Trinajstić information content (AvgIpc) is 3.07. The van der Waals surface area contributed by atoms with Crippen molar-refractivity contribution in [2.45, 2.75) is 19.9 Å². The highest BCUT2D eigenvalue weighted by Crippen LogP contribution is 2.16. The van der Waals surface area contributed by atoms with Crippen molar-refractivity contribution in [3.63, 3.8) is 0 Å². The molecule has 0 aliphatic rings. The van der Waals surface area contributed by atoms with Crippen molar-refractivity contribution in [3.05, 3.63) is 56.0 Å². The smallest absolute Gasteiger partial charge is 0.324 e. The number of amides is 1. The normalized spacial score (nSPS) is 10.9. The van der Waals surface area contributed by atoms with E-state index in [9.17, 15) is 14.4 Å². The molecule has 2 aromatic heterocycles. The Balaban J connectivity index is 1.96. The van der Waals surface area contributed by atoms with E-state index in [2.05, 4.69) is 9.69 Å². The SMILES string of the molecule is CCc1ccccc1NC(=O)Cn1c(=O)n(C)c(=O)c2nscc21. The van der Waals surface area contributed by atoms with E-state index in [1.807, 2.05) is 31.2 Å². The molecule has 0 saturated carbocycles. The first kappa shape index (κ1) is 16.1. The maximum Gasteiger partial charge on any atom is 0.331 e. The van der Waals surface area contributed by atoms with Gasteiger partial charge in [0.25, 0.3) is 5.56 Å². The highest BCUT2D eigenvalue weighted by molar-refractivity contribution is 7.04. The van der Waals surface area contributed by atoms with Gasteiger partial charge in [0, 0.05) is 18.1 Å². The number of benzene rings is 1. The average molecular weight is 344 g/mol. The van der Waals surface area contributed by atoms with Gasteiger partial charge in [-0.2, -0.15) is 4.37 Å². The van der Waals surface area contributed by atoms with E-state index in [0.717, 1.165) is 33.8 Å². The largest absolute Gasteiger partial charge is 0.331 e. The number of rotatable bonds is 4. The van der Waals surface area contributed by atoms with Gasteiger partial charge in [-0.1, -0.05) is 25.1 Å². The molecule has 0 fully saturated rings. The lowest BCUT2D eigenvalue weighted by atomic mass is 10.1. The van der Waals surface area contributed by atoms with Crippen LogP contribution in [0.1, 0.15) is 12.5 Å². The topological polar surface area (TPSA) is 86.0 Å². The number of carbonyl (C=O) groups excluding carboxylic acids is 1. The Bertz CT molecular complexity index is 1030. The molecule has 7 nitrogen and oxygen atoms in total. The summed E-state index contributed by atoms with van der Waals surface area (Å²) < 4.78 is 6.25. The quantitative estimate of drug-likeness (QED) is 0.774. The molecule has 8 heteroatoms. The Labute approximate surface area is 141 Å². The molecule has 0 spiro atoms. The van der Waals surface area contributed by atoms with Gasteiger partial charge < -0.3 is 5.32 Å². The molecule has 0 radical (unpaired) electrons. The third kappa shape index (κ3) is 2.76. The summed E-state index contributed by atoms with van der Waals surface area (Å²) in [6.45, 7) is 1.82. The fourth-order valence-electron chi connectivity index (χ4n) is 2.54. The Morgan fingerprint density at radius 1 is 1.29 bits per heavy atom. The zero-order chi connectivity index (χ0) is 17.3. The van der Waals surface area contributed by atoms with Gasteiger partial charge in [0.2, 0.25) is 5.91 Å². The molecule has 0 atom stereocenters. The van der Waals surface area contributed by atoms with Gasteiger partial charge in [0.15, 0.2) is 5.52 Å². The highest BCUT2D eigenvalue weighted by atomic mass is 32.1. The minimum Gasteiger partial charge on any atom is -0.324 e. The Hall–Kier alpha value is -2.74. The number of anilines is 1. The number of nitrogens with zero attached hydrogens (tertiary/aromatic N) is 3. The van der Waals surface area contributed by atoms with Crippen LogP contribution in [-0.4, -0.2) is 19.4 Å². The Morgan fingerprint density at radius 2 is 2.04 bits per heavy atom. The van der Waals surface area contributed by atoms with Crippen LogP contribution in [0.2, 0.25) is 0 Å². The van der Waals surface area contributed by atoms with Gasteiger partial charge in [-0.15, -0.1) is 0 Å². The molecule has 0 saturated heterocycles. The van der Waals surface area contributed by atoms with Crippen LogP contribution in [0.3, 0.4) is 0 Å². The number of hydrogen-bond acceptors (Lipinski definition) is 5. The maximum atomic E-state index is 12.4. The van der Waals surface area contributed by atoms with Gasteiger partial charge in [-0.25, -0.2) is 4.79 Å². The van der Waals surface area contributed by atoms with Crippen LogP contribution in [0, 0.1) is 0 Å². The Kier molecular flexibility index (Phi) is 4.30. The van der Waals surface area contributed by atoms with E-state index in [4.69, 9.17) is 0 Å². The van der Waals surface area contributed by atoms with E-state index in [-0.39, 0.29) is 18.0 Å². The predicted octanol–water partition coefficient (Wildman–Crippen LogP) is 1.36. The molecule has 0 bridgehead atoms. The van der Waals surface area contributed by atoms with E-state index in [1.165, 1.54) is 11.6 Å². The van der Waals surface area contributed by atoms with Crippen LogP contribution in [0.5, 0.6) is 0 Å². The fraction of sp³-hybridized carbons (Fsp3) is 0.250. The van der Waals surface area contributed by atoms with Crippen molar-refractivity contribution in [1.82, 2.24) is 13.5 Å². The van der Waals surface area contributed by atoms with Crippen LogP contribution in [0.4, 0.5) is 5.69 Å². The summed E-state index contributed by atoms with van der Waals surface area (Å²) in [5, 5.41) is 4.43. The summed E-state index contributed by atoms with van der Waals surface area (Å²) in [5.74, 6) is -0.329. The van der Waals surface area contributed by atoms with Gasteiger partial charge in [-0.3, -0.25) is 18.7 Å². The lowest BCUT2D eigenvalue weighted by molar-refractivity contribution is -0.116. The summed E-state index contributed by atoms with van der Waals surface area (Å²) in [6.07, 6.45) is 0.787. The number of fused-ring (bicyclic) bond motifs is 1. The van der Waals surface area contributed by atoms with Gasteiger partial charge in [-0.05, 0) is 29.6 Å². The first-order chi connectivity index (χ1) is 11.5. The molecule has 0 aliphatic carbocycles. The highest BCUT2D eigenvalue weighted by Gasteiger charge is 2.15. The van der Waals surface area contributed by atoms with Crippen molar-refractivity contribution >= 4 is 34.2 Å². The van der Waals surface area contributed by atoms with E-state index >= 15 is 0 Å². The number of para-hydroxylation sites is 1. The van der Waals surface area contributed by atoms with Gasteiger partial charge >= 0.3 is 5.69 Å². The summed E-state index contributed by atoms with van der Waals surface area (Å²) in [4.78, 5) is 36.7. The van der Waals surface area contributed by atoms with Crippen molar-refractivity contribution in [2.75, 3.05) is 5.32 Å². The summed E-state index contributed by atoms with van der Waals surface area (Å²) in [6, 6.07) is 7.51. The molecule has 1 amide bonds. The molecule has 0 unspecified atom stereocenters.